The predicted molar refractivity (Wildman–Crippen MR) is 68.4 cm³/mol. The van der Waals surface area contributed by atoms with Crippen LogP contribution in [-0.2, 0) is 4.74 Å². The van der Waals surface area contributed by atoms with Crippen molar-refractivity contribution >= 4 is 0 Å². The Labute approximate surface area is 108 Å². The molecule has 0 aliphatic carbocycles. The molecule has 1 aromatic rings. The van der Waals surface area contributed by atoms with Crippen LogP contribution in [0.1, 0.15) is 63.8 Å². The van der Waals surface area contributed by atoms with E-state index in [2.05, 4.69) is 29.3 Å². The summed E-state index contributed by atoms with van der Waals surface area (Å²) in [5, 5.41) is 7.50. The maximum atomic E-state index is 5.60. The zero-order valence-corrected chi connectivity index (χ0v) is 11.5. The third kappa shape index (κ3) is 3.09. The SMILES string of the molecule is CCOC(CC)c1noc(C2CCNC(C)C2)n1. The molecule has 0 spiro atoms. The Morgan fingerprint density at radius 1 is 1.50 bits per heavy atom. The highest BCUT2D eigenvalue weighted by Gasteiger charge is 2.26. The molecule has 2 rings (SSSR count). The van der Waals surface area contributed by atoms with Crippen molar-refractivity contribution in [3.05, 3.63) is 11.7 Å². The average Bonchev–Trinajstić information content (AvgIpc) is 2.85. The Bertz CT molecular complexity index is 367. The summed E-state index contributed by atoms with van der Waals surface area (Å²) in [6.45, 7) is 7.94. The molecule has 0 aromatic carbocycles. The highest BCUT2D eigenvalue weighted by Crippen LogP contribution is 2.28. The minimum atomic E-state index is -0.0355. The smallest absolute Gasteiger partial charge is 0.229 e. The van der Waals surface area contributed by atoms with Gasteiger partial charge in [0.1, 0.15) is 6.10 Å². The van der Waals surface area contributed by atoms with Crippen LogP contribution < -0.4 is 5.32 Å². The Kier molecular flexibility index (Phi) is 4.72. The Balaban J connectivity index is 2.04. The maximum Gasteiger partial charge on any atom is 0.229 e. The predicted octanol–water partition coefficient (Wildman–Crippen LogP) is 2.41. The van der Waals surface area contributed by atoms with Crippen molar-refractivity contribution in [2.45, 2.75) is 58.1 Å². The molecular weight excluding hydrogens is 230 g/mol. The molecule has 3 atom stereocenters. The second-order valence-electron chi connectivity index (χ2n) is 4.92. The van der Waals surface area contributed by atoms with Crippen LogP contribution in [-0.4, -0.2) is 29.3 Å². The van der Waals surface area contributed by atoms with E-state index in [0.29, 0.717) is 24.4 Å². The summed E-state index contributed by atoms with van der Waals surface area (Å²) < 4.78 is 11.0. The average molecular weight is 253 g/mol. The third-order valence-corrected chi connectivity index (χ3v) is 3.46. The van der Waals surface area contributed by atoms with Crippen molar-refractivity contribution in [1.29, 1.82) is 0 Å². The van der Waals surface area contributed by atoms with Crippen molar-refractivity contribution in [3.63, 3.8) is 0 Å². The Morgan fingerprint density at radius 3 is 3.00 bits per heavy atom. The van der Waals surface area contributed by atoms with E-state index in [4.69, 9.17) is 9.26 Å². The number of nitrogens with one attached hydrogen (secondary N) is 1. The lowest BCUT2D eigenvalue weighted by Gasteiger charge is -2.25. The summed E-state index contributed by atoms with van der Waals surface area (Å²) in [7, 11) is 0. The van der Waals surface area contributed by atoms with Gasteiger partial charge in [-0.1, -0.05) is 12.1 Å². The fourth-order valence-corrected chi connectivity index (χ4v) is 2.48. The van der Waals surface area contributed by atoms with Crippen LogP contribution in [0.5, 0.6) is 0 Å². The molecule has 102 valence electrons. The molecule has 1 fully saturated rings. The molecule has 2 heterocycles. The maximum absolute atomic E-state index is 5.60. The van der Waals surface area contributed by atoms with E-state index >= 15 is 0 Å². The zero-order valence-electron chi connectivity index (χ0n) is 11.5. The second-order valence-corrected chi connectivity index (χ2v) is 4.92. The topological polar surface area (TPSA) is 60.2 Å². The lowest BCUT2D eigenvalue weighted by atomic mass is 9.93. The Hall–Kier alpha value is -0.940. The molecule has 0 bridgehead atoms. The van der Waals surface area contributed by atoms with Gasteiger partial charge in [0.05, 0.1) is 0 Å². The van der Waals surface area contributed by atoms with Crippen molar-refractivity contribution in [1.82, 2.24) is 15.5 Å². The van der Waals surface area contributed by atoms with Gasteiger partial charge in [-0.3, -0.25) is 0 Å². The van der Waals surface area contributed by atoms with Crippen LogP contribution in [0.3, 0.4) is 0 Å². The first-order chi connectivity index (χ1) is 8.74. The minimum Gasteiger partial charge on any atom is -0.370 e. The summed E-state index contributed by atoms with van der Waals surface area (Å²) >= 11 is 0. The number of rotatable bonds is 5. The second kappa shape index (κ2) is 6.29. The lowest BCUT2D eigenvalue weighted by molar-refractivity contribution is 0.0518. The standard InChI is InChI=1S/C13H23N3O2/c1-4-11(17-5-2)12-15-13(18-16-12)10-6-7-14-9(3)8-10/h9-11,14H,4-8H2,1-3H3. The van der Waals surface area contributed by atoms with E-state index in [9.17, 15) is 0 Å². The van der Waals surface area contributed by atoms with E-state index in [0.717, 1.165) is 31.7 Å². The first kappa shape index (κ1) is 13.5. The summed E-state index contributed by atoms with van der Waals surface area (Å²) in [6.07, 6.45) is 2.96. The molecule has 5 heteroatoms. The molecule has 1 aromatic heterocycles. The van der Waals surface area contributed by atoms with Crippen LogP contribution in [0.4, 0.5) is 0 Å². The van der Waals surface area contributed by atoms with Crippen LogP contribution in [0, 0.1) is 0 Å². The third-order valence-electron chi connectivity index (χ3n) is 3.46. The Morgan fingerprint density at radius 2 is 2.33 bits per heavy atom. The van der Waals surface area contributed by atoms with Gasteiger partial charge in [-0.2, -0.15) is 4.98 Å². The summed E-state index contributed by atoms with van der Waals surface area (Å²) in [4.78, 5) is 4.53. The fraction of sp³-hybridized carbons (Fsp3) is 0.846. The van der Waals surface area contributed by atoms with Gasteiger partial charge in [0.2, 0.25) is 11.7 Å². The first-order valence-electron chi connectivity index (χ1n) is 6.93. The minimum absolute atomic E-state index is 0.0355. The molecule has 0 amide bonds. The molecule has 0 saturated carbocycles. The van der Waals surface area contributed by atoms with E-state index in [-0.39, 0.29) is 6.10 Å². The quantitative estimate of drug-likeness (QED) is 0.873. The summed E-state index contributed by atoms with van der Waals surface area (Å²) in [5.41, 5.74) is 0. The molecule has 3 unspecified atom stereocenters. The van der Waals surface area contributed by atoms with Gasteiger partial charge in [-0.15, -0.1) is 0 Å². The van der Waals surface area contributed by atoms with Gasteiger partial charge in [0, 0.05) is 18.6 Å². The van der Waals surface area contributed by atoms with Crippen LogP contribution in [0.25, 0.3) is 0 Å². The normalized spacial score (nSPS) is 26.2. The fourth-order valence-electron chi connectivity index (χ4n) is 2.48. The van der Waals surface area contributed by atoms with Crippen LogP contribution >= 0.6 is 0 Å². The van der Waals surface area contributed by atoms with Crippen molar-refractivity contribution in [3.8, 4) is 0 Å². The van der Waals surface area contributed by atoms with Crippen molar-refractivity contribution in [2.24, 2.45) is 0 Å². The highest BCUT2D eigenvalue weighted by molar-refractivity contribution is 4.99. The number of hydrogen-bond acceptors (Lipinski definition) is 5. The zero-order chi connectivity index (χ0) is 13.0. The van der Waals surface area contributed by atoms with Gasteiger partial charge in [0.15, 0.2) is 0 Å². The molecular formula is C13H23N3O2. The van der Waals surface area contributed by atoms with Gasteiger partial charge in [-0.05, 0) is 39.7 Å². The van der Waals surface area contributed by atoms with E-state index < -0.39 is 0 Å². The summed E-state index contributed by atoms with van der Waals surface area (Å²) in [5.74, 6) is 1.86. The van der Waals surface area contributed by atoms with Gasteiger partial charge in [-0.25, -0.2) is 0 Å². The molecule has 1 saturated heterocycles. The van der Waals surface area contributed by atoms with Crippen molar-refractivity contribution < 1.29 is 9.26 Å². The number of hydrogen-bond donors (Lipinski definition) is 1. The molecule has 0 radical (unpaired) electrons. The molecule has 1 aliphatic heterocycles. The molecule has 5 nitrogen and oxygen atoms in total. The van der Waals surface area contributed by atoms with Gasteiger partial charge < -0.3 is 14.6 Å². The number of piperidine rings is 1. The molecule has 1 N–H and O–H groups in total. The lowest BCUT2D eigenvalue weighted by Crippen LogP contribution is -2.34. The van der Waals surface area contributed by atoms with Crippen LogP contribution in [0.15, 0.2) is 4.52 Å². The van der Waals surface area contributed by atoms with E-state index in [1.54, 1.807) is 0 Å². The van der Waals surface area contributed by atoms with E-state index in [1.165, 1.54) is 0 Å². The van der Waals surface area contributed by atoms with E-state index in [1.807, 2.05) is 6.92 Å². The van der Waals surface area contributed by atoms with Gasteiger partial charge >= 0.3 is 0 Å². The van der Waals surface area contributed by atoms with Gasteiger partial charge in [0.25, 0.3) is 0 Å². The summed E-state index contributed by atoms with van der Waals surface area (Å²) in [6, 6.07) is 0.521. The first-order valence-corrected chi connectivity index (χ1v) is 6.93. The molecule has 18 heavy (non-hydrogen) atoms. The number of ether oxygens (including phenoxy) is 1. The highest BCUT2D eigenvalue weighted by atomic mass is 16.5. The van der Waals surface area contributed by atoms with Crippen LogP contribution in [0.2, 0.25) is 0 Å². The monoisotopic (exact) mass is 253 g/mol. The van der Waals surface area contributed by atoms with Crippen molar-refractivity contribution in [2.75, 3.05) is 13.2 Å². The number of aromatic nitrogens is 2. The number of nitrogens with zero attached hydrogens (tertiary/aromatic N) is 2. The largest absolute Gasteiger partial charge is 0.370 e. The molecule has 1 aliphatic rings.